The fraction of sp³-hybridized carbons (Fsp3) is 0.125. The normalized spacial score (nSPS) is 10.7. The lowest BCUT2D eigenvalue weighted by Crippen LogP contribution is -2.21. The monoisotopic (exact) mass is 346 g/mol. The molecule has 7 nitrogen and oxygen atoms in total. The van der Waals surface area contributed by atoms with Crippen LogP contribution in [0.3, 0.4) is 0 Å². The van der Waals surface area contributed by atoms with Gasteiger partial charge in [0.05, 0.1) is 5.69 Å². The Balaban J connectivity index is 1.66. The highest BCUT2D eigenvalue weighted by Gasteiger charge is 2.20. The second-order valence-electron chi connectivity index (χ2n) is 5.10. The number of hydrogen-bond acceptors (Lipinski definition) is 5. The van der Waals surface area contributed by atoms with Gasteiger partial charge in [-0.3, -0.25) is 4.79 Å². The SMILES string of the molecule is Cc1nn2cccnc2c1C(=O)OCC(=O)Nc1ccc(F)c(F)c1. The Kier molecular flexibility index (Phi) is 4.38. The van der Waals surface area contributed by atoms with E-state index in [0.29, 0.717) is 11.3 Å². The number of aryl methyl sites for hydroxylation is 1. The van der Waals surface area contributed by atoms with Crippen molar-refractivity contribution in [3.63, 3.8) is 0 Å². The van der Waals surface area contributed by atoms with Crippen LogP contribution in [-0.2, 0) is 9.53 Å². The summed E-state index contributed by atoms with van der Waals surface area (Å²) in [6.45, 7) is 1.02. The number of aromatic nitrogens is 3. The molecular weight excluding hydrogens is 334 g/mol. The molecule has 0 saturated heterocycles. The number of anilines is 1. The molecule has 0 unspecified atom stereocenters. The molecule has 1 N–H and O–H groups in total. The minimum absolute atomic E-state index is 0.0498. The van der Waals surface area contributed by atoms with Gasteiger partial charge in [0.1, 0.15) is 5.56 Å². The van der Waals surface area contributed by atoms with Crippen LogP contribution >= 0.6 is 0 Å². The topological polar surface area (TPSA) is 85.6 Å². The Morgan fingerprint density at radius 3 is 2.84 bits per heavy atom. The Morgan fingerprint density at radius 2 is 2.08 bits per heavy atom. The number of halogens is 2. The highest BCUT2D eigenvalue weighted by Crippen LogP contribution is 2.15. The number of hydrogen-bond donors (Lipinski definition) is 1. The summed E-state index contributed by atoms with van der Waals surface area (Å²) in [4.78, 5) is 28.0. The second-order valence-corrected chi connectivity index (χ2v) is 5.10. The maximum absolute atomic E-state index is 13.1. The number of nitrogens with zero attached hydrogens (tertiary/aromatic N) is 3. The fourth-order valence-electron chi connectivity index (χ4n) is 2.21. The first-order valence-electron chi connectivity index (χ1n) is 7.17. The first-order chi connectivity index (χ1) is 12.0. The van der Waals surface area contributed by atoms with Crippen LogP contribution in [0.15, 0.2) is 36.7 Å². The predicted octanol–water partition coefficient (Wildman–Crippen LogP) is 2.11. The lowest BCUT2D eigenvalue weighted by atomic mass is 10.2. The van der Waals surface area contributed by atoms with E-state index in [1.807, 2.05) is 0 Å². The van der Waals surface area contributed by atoms with Gasteiger partial charge in [-0.15, -0.1) is 0 Å². The van der Waals surface area contributed by atoms with Gasteiger partial charge in [-0.1, -0.05) is 0 Å². The van der Waals surface area contributed by atoms with Crippen molar-refractivity contribution in [3.05, 3.63) is 59.6 Å². The smallest absolute Gasteiger partial charge is 0.344 e. The molecule has 0 saturated carbocycles. The first kappa shape index (κ1) is 16.5. The average Bonchev–Trinajstić information content (AvgIpc) is 2.92. The molecule has 2 aromatic heterocycles. The Labute approximate surface area is 140 Å². The van der Waals surface area contributed by atoms with E-state index in [-0.39, 0.29) is 11.3 Å². The number of ether oxygens (including phenoxy) is 1. The zero-order valence-electron chi connectivity index (χ0n) is 13.0. The van der Waals surface area contributed by atoms with Crippen LogP contribution in [0.2, 0.25) is 0 Å². The number of carbonyl (C=O) groups excluding carboxylic acids is 2. The molecule has 3 aromatic rings. The quantitative estimate of drug-likeness (QED) is 0.732. The summed E-state index contributed by atoms with van der Waals surface area (Å²) in [6, 6.07) is 4.56. The largest absolute Gasteiger partial charge is 0.452 e. The molecule has 0 fully saturated rings. The molecule has 9 heteroatoms. The molecule has 0 atom stereocenters. The van der Waals surface area contributed by atoms with Crippen LogP contribution in [0.4, 0.5) is 14.5 Å². The standard InChI is InChI=1S/C16H12F2N4O3/c1-9-14(15-19-5-2-6-22(15)21-9)16(24)25-8-13(23)20-10-3-4-11(17)12(18)7-10/h2-7H,8H2,1H3,(H,20,23). The maximum Gasteiger partial charge on any atom is 0.344 e. The van der Waals surface area contributed by atoms with E-state index < -0.39 is 30.1 Å². The number of carbonyl (C=O) groups is 2. The molecule has 1 amide bonds. The molecular formula is C16H12F2N4O3. The summed E-state index contributed by atoms with van der Waals surface area (Å²) in [7, 11) is 0. The van der Waals surface area contributed by atoms with Crippen molar-refractivity contribution in [3.8, 4) is 0 Å². The molecule has 0 bridgehead atoms. The molecule has 0 spiro atoms. The van der Waals surface area contributed by atoms with Gasteiger partial charge >= 0.3 is 5.97 Å². The molecule has 0 aliphatic heterocycles. The zero-order chi connectivity index (χ0) is 18.0. The van der Waals surface area contributed by atoms with Crippen molar-refractivity contribution in [1.29, 1.82) is 0 Å². The highest BCUT2D eigenvalue weighted by molar-refractivity contribution is 5.99. The van der Waals surface area contributed by atoms with Crippen LogP contribution in [0, 0.1) is 18.6 Å². The molecule has 3 rings (SSSR count). The van der Waals surface area contributed by atoms with Crippen LogP contribution in [0.1, 0.15) is 16.1 Å². The molecule has 2 heterocycles. The molecule has 128 valence electrons. The third kappa shape index (κ3) is 3.44. The second kappa shape index (κ2) is 6.63. The third-order valence-electron chi connectivity index (χ3n) is 3.31. The number of rotatable bonds is 4. The number of esters is 1. The van der Waals surface area contributed by atoms with Gasteiger partial charge in [-0.25, -0.2) is 23.1 Å². The van der Waals surface area contributed by atoms with Gasteiger partial charge in [0.25, 0.3) is 5.91 Å². The van der Waals surface area contributed by atoms with Gasteiger partial charge in [0, 0.05) is 24.1 Å². The fourth-order valence-corrected chi connectivity index (χ4v) is 2.21. The summed E-state index contributed by atoms with van der Waals surface area (Å²) < 4.78 is 32.3. The Hall–Kier alpha value is -3.36. The van der Waals surface area contributed by atoms with Crippen LogP contribution in [0.25, 0.3) is 5.65 Å². The molecule has 0 aliphatic rings. The van der Waals surface area contributed by atoms with Crippen LogP contribution in [0.5, 0.6) is 0 Å². The Bertz CT molecular complexity index is 971. The van der Waals surface area contributed by atoms with Gasteiger partial charge in [0.15, 0.2) is 23.9 Å². The molecule has 0 aliphatic carbocycles. The van der Waals surface area contributed by atoms with Crippen molar-refractivity contribution in [1.82, 2.24) is 14.6 Å². The lowest BCUT2D eigenvalue weighted by molar-refractivity contribution is -0.119. The summed E-state index contributed by atoms with van der Waals surface area (Å²) in [5.74, 6) is -3.57. The Morgan fingerprint density at radius 1 is 1.28 bits per heavy atom. The minimum atomic E-state index is -1.09. The number of fused-ring (bicyclic) bond motifs is 1. The molecule has 1 aromatic carbocycles. The van der Waals surface area contributed by atoms with E-state index in [1.54, 1.807) is 19.2 Å². The maximum atomic E-state index is 13.1. The van der Waals surface area contributed by atoms with Crippen molar-refractivity contribution >= 4 is 23.2 Å². The van der Waals surface area contributed by atoms with E-state index in [2.05, 4.69) is 15.4 Å². The van der Waals surface area contributed by atoms with Crippen molar-refractivity contribution in [2.24, 2.45) is 0 Å². The van der Waals surface area contributed by atoms with Crippen molar-refractivity contribution in [2.75, 3.05) is 11.9 Å². The van der Waals surface area contributed by atoms with E-state index in [1.165, 1.54) is 16.8 Å². The number of benzene rings is 1. The van der Waals surface area contributed by atoms with E-state index in [9.17, 15) is 18.4 Å². The highest BCUT2D eigenvalue weighted by atomic mass is 19.2. The number of nitrogens with one attached hydrogen (secondary N) is 1. The molecule has 25 heavy (non-hydrogen) atoms. The average molecular weight is 346 g/mol. The van der Waals surface area contributed by atoms with Crippen molar-refractivity contribution in [2.45, 2.75) is 6.92 Å². The van der Waals surface area contributed by atoms with Gasteiger partial charge in [-0.2, -0.15) is 5.10 Å². The minimum Gasteiger partial charge on any atom is -0.452 e. The van der Waals surface area contributed by atoms with Gasteiger partial charge in [0.2, 0.25) is 0 Å². The van der Waals surface area contributed by atoms with Crippen LogP contribution < -0.4 is 5.32 Å². The van der Waals surface area contributed by atoms with Crippen LogP contribution in [-0.4, -0.2) is 33.1 Å². The van der Waals surface area contributed by atoms with E-state index in [0.717, 1.165) is 12.1 Å². The van der Waals surface area contributed by atoms with E-state index >= 15 is 0 Å². The van der Waals surface area contributed by atoms with Crippen molar-refractivity contribution < 1.29 is 23.1 Å². The zero-order valence-corrected chi connectivity index (χ0v) is 13.0. The molecule has 0 radical (unpaired) electrons. The summed E-state index contributed by atoms with van der Waals surface area (Å²) in [6.07, 6.45) is 3.13. The number of amides is 1. The predicted molar refractivity (Wildman–Crippen MR) is 83.0 cm³/mol. The first-order valence-corrected chi connectivity index (χ1v) is 7.17. The van der Waals surface area contributed by atoms with Gasteiger partial charge in [-0.05, 0) is 25.1 Å². The third-order valence-corrected chi connectivity index (χ3v) is 3.31. The summed E-state index contributed by atoms with van der Waals surface area (Å²) in [5, 5.41) is 6.43. The summed E-state index contributed by atoms with van der Waals surface area (Å²) in [5.41, 5.74) is 0.922. The van der Waals surface area contributed by atoms with Gasteiger partial charge < -0.3 is 10.1 Å². The lowest BCUT2D eigenvalue weighted by Gasteiger charge is -2.06. The summed E-state index contributed by atoms with van der Waals surface area (Å²) >= 11 is 0. The van der Waals surface area contributed by atoms with E-state index in [4.69, 9.17) is 4.74 Å².